The van der Waals surface area contributed by atoms with Gasteiger partial charge in [0.1, 0.15) is 6.54 Å². The van der Waals surface area contributed by atoms with Gasteiger partial charge in [-0.15, -0.1) is 0 Å². The first-order chi connectivity index (χ1) is 12.5. The van der Waals surface area contributed by atoms with Crippen molar-refractivity contribution in [1.82, 2.24) is 9.80 Å². The van der Waals surface area contributed by atoms with Crippen molar-refractivity contribution >= 4 is 45.7 Å². The van der Waals surface area contributed by atoms with Crippen LogP contribution in [0.3, 0.4) is 0 Å². The van der Waals surface area contributed by atoms with Crippen molar-refractivity contribution in [1.29, 1.82) is 0 Å². The molecule has 1 fully saturated rings. The van der Waals surface area contributed by atoms with Gasteiger partial charge in [-0.2, -0.15) is 0 Å². The van der Waals surface area contributed by atoms with Gasteiger partial charge in [0.05, 0.1) is 4.91 Å². The number of benzene rings is 2. The van der Waals surface area contributed by atoms with Gasteiger partial charge in [0.2, 0.25) is 5.91 Å². The molecule has 1 saturated heterocycles. The maximum atomic E-state index is 12.6. The number of amides is 3. The highest BCUT2D eigenvalue weighted by Gasteiger charge is 2.36. The van der Waals surface area contributed by atoms with Gasteiger partial charge in [0, 0.05) is 13.1 Å². The van der Waals surface area contributed by atoms with Crippen molar-refractivity contribution in [3.63, 3.8) is 0 Å². The summed E-state index contributed by atoms with van der Waals surface area (Å²) in [5, 5.41) is 1.68. The zero-order valence-electron chi connectivity index (χ0n) is 14.8. The van der Waals surface area contributed by atoms with Gasteiger partial charge in [0.25, 0.3) is 11.1 Å². The highest BCUT2D eigenvalue weighted by Crippen LogP contribution is 2.33. The second kappa shape index (κ2) is 7.74. The molecule has 1 aliphatic heterocycles. The number of carbonyl (C=O) groups is 3. The maximum Gasteiger partial charge on any atom is 0.294 e. The summed E-state index contributed by atoms with van der Waals surface area (Å²) in [6.07, 6.45) is 1.73. The summed E-state index contributed by atoms with van der Waals surface area (Å²) < 4.78 is 0. The molecule has 1 heterocycles. The van der Waals surface area contributed by atoms with Gasteiger partial charge >= 0.3 is 0 Å². The summed E-state index contributed by atoms with van der Waals surface area (Å²) in [6.45, 7) is 4.64. The zero-order chi connectivity index (χ0) is 18.7. The second-order valence-electron chi connectivity index (χ2n) is 5.90. The number of rotatable bonds is 5. The highest BCUT2D eigenvalue weighted by molar-refractivity contribution is 8.18. The van der Waals surface area contributed by atoms with E-state index in [-0.39, 0.29) is 12.5 Å². The molecule has 0 aliphatic carbocycles. The lowest BCUT2D eigenvalue weighted by atomic mass is 10.0. The predicted molar refractivity (Wildman–Crippen MR) is 105 cm³/mol. The molecule has 0 radical (unpaired) electrons. The molecule has 0 saturated carbocycles. The van der Waals surface area contributed by atoms with E-state index < -0.39 is 11.1 Å². The summed E-state index contributed by atoms with van der Waals surface area (Å²) in [7, 11) is 0. The fraction of sp³-hybridized carbons (Fsp3) is 0.250. The normalized spacial score (nSPS) is 15.9. The Morgan fingerprint density at radius 1 is 1.08 bits per heavy atom. The Morgan fingerprint density at radius 3 is 2.50 bits per heavy atom. The third kappa shape index (κ3) is 3.51. The van der Waals surface area contributed by atoms with Gasteiger partial charge < -0.3 is 4.90 Å². The van der Waals surface area contributed by atoms with Crippen LogP contribution in [0.25, 0.3) is 16.8 Å². The largest absolute Gasteiger partial charge is 0.342 e. The molecule has 0 atom stereocenters. The number of hydrogen-bond acceptors (Lipinski definition) is 4. The van der Waals surface area contributed by atoms with E-state index in [4.69, 9.17) is 0 Å². The Kier molecular flexibility index (Phi) is 5.42. The van der Waals surface area contributed by atoms with Crippen LogP contribution in [0, 0.1) is 0 Å². The van der Waals surface area contributed by atoms with E-state index in [9.17, 15) is 14.4 Å². The van der Waals surface area contributed by atoms with E-state index in [1.807, 2.05) is 56.3 Å². The molecule has 0 aromatic heterocycles. The summed E-state index contributed by atoms with van der Waals surface area (Å²) in [4.78, 5) is 40.1. The number of nitrogens with zero attached hydrogens (tertiary/aromatic N) is 2. The summed E-state index contributed by atoms with van der Waals surface area (Å²) >= 11 is 0.882. The zero-order valence-corrected chi connectivity index (χ0v) is 15.6. The Balaban J connectivity index is 1.86. The Labute approximate surface area is 156 Å². The number of fused-ring (bicyclic) bond motifs is 1. The molecule has 2 aromatic rings. The van der Waals surface area contributed by atoms with Gasteiger partial charge in [-0.3, -0.25) is 19.3 Å². The van der Waals surface area contributed by atoms with Crippen LogP contribution in [0.1, 0.15) is 19.4 Å². The average molecular weight is 368 g/mol. The monoisotopic (exact) mass is 368 g/mol. The molecular weight excluding hydrogens is 348 g/mol. The van der Waals surface area contributed by atoms with Crippen LogP contribution in [-0.4, -0.2) is 46.5 Å². The van der Waals surface area contributed by atoms with E-state index in [0.29, 0.717) is 18.0 Å². The number of likely N-dealkylation sites (N-methyl/N-ethyl adjacent to an activating group) is 1. The average Bonchev–Trinajstić information content (AvgIpc) is 2.90. The summed E-state index contributed by atoms with van der Waals surface area (Å²) in [5.74, 6) is -0.628. The Morgan fingerprint density at radius 2 is 1.77 bits per heavy atom. The SMILES string of the molecule is CCN(CC)C(=O)CN1C(=O)S/C(=C\c2cccc3ccccc23)C1=O. The standard InChI is InChI=1S/C20H20N2O3S/c1-3-21(4-2)18(23)13-22-19(24)17(26-20(22)25)12-15-10-7-9-14-8-5-6-11-16(14)15/h5-12H,3-4,13H2,1-2H3/b17-12-. The first-order valence-electron chi connectivity index (χ1n) is 8.56. The van der Waals surface area contributed by atoms with Crippen LogP contribution in [0.2, 0.25) is 0 Å². The minimum atomic E-state index is -0.409. The van der Waals surface area contributed by atoms with E-state index in [2.05, 4.69) is 0 Å². The van der Waals surface area contributed by atoms with E-state index in [1.165, 1.54) is 0 Å². The molecule has 6 heteroatoms. The topological polar surface area (TPSA) is 57.7 Å². The molecule has 26 heavy (non-hydrogen) atoms. The highest BCUT2D eigenvalue weighted by atomic mass is 32.2. The molecular formula is C20H20N2O3S. The number of hydrogen-bond donors (Lipinski definition) is 0. The number of thioether (sulfide) groups is 1. The third-order valence-corrected chi connectivity index (χ3v) is 5.30. The lowest BCUT2D eigenvalue weighted by molar-refractivity contribution is -0.135. The van der Waals surface area contributed by atoms with Gasteiger partial charge in [-0.25, -0.2) is 0 Å². The van der Waals surface area contributed by atoms with Crippen molar-refractivity contribution in [2.24, 2.45) is 0 Å². The van der Waals surface area contributed by atoms with Crippen LogP contribution in [0.15, 0.2) is 47.4 Å². The minimum Gasteiger partial charge on any atom is -0.342 e. The van der Waals surface area contributed by atoms with E-state index in [0.717, 1.165) is 33.0 Å². The van der Waals surface area contributed by atoms with E-state index >= 15 is 0 Å². The Hall–Kier alpha value is -2.60. The first kappa shape index (κ1) is 18.2. The van der Waals surface area contributed by atoms with Crippen molar-refractivity contribution < 1.29 is 14.4 Å². The van der Waals surface area contributed by atoms with Gasteiger partial charge in [-0.1, -0.05) is 42.5 Å². The fourth-order valence-corrected chi connectivity index (χ4v) is 3.79. The molecule has 2 aromatic carbocycles. The molecule has 134 valence electrons. The fourth-order valence-electron chi connectivity index (χ4n) is 2.97. The quantitative estimate of drug-likeness (QED) is 0.755. The molecule has 3 amide bonds. The van der Waals surface area contributed by atoms with Crippen molar-refractivity contribution in [3.8, 4) is 0 Å². The molecule has 0 spiro atoms. The lowest BCUT2D eigenvalue weighted by Gasteiger charge is -2.21. The lowest BCUT2D eigenvalue weighted by Crippen LogP contribution is -2.41. The minimum absolute atomic E-state index is 0.209. The van der Waals surface area contributed by atoms with Crippen LogP contribution in [-0.2, 0) is 9.59 Å². The smallest absolute Gasteiger partial charge is 0.294 e. The van der Waals surface area contributed by atoms with Crippen LogP contribution < -0.4 is 0 Å². The Bertz CT molecular complexity index is 898. The molecule has 0 bridgehead atoms. The van der Waals surface area contributed by atoms with E-state index in [1.54, 1.807) is 11.0 Å². The predicted octanol–water partition coefficient (Wildman–Crippen LogP) is 3.74. The van der Waals surface area contributed by atoms with Gasteiger partial charge in [-0.05, 0) is 48.0 Å². The molecule has 5 nitrogen and oxygen atoms in total. The summed E-state index contributed by atoms with van der Waals surface area (Å²) in [6, 6.07) is 13.7. The molecule has 1 aliphatic rings. The molecule has 0 N–H and O–H groups in total. The van der Waals surface area contributed by atoms with Crippen molar-refractivity contribution in [2.75, 3.05) is 19.6 Å². The molecule has 3 rings (SSSR count). The number of carbonyl (C=O) groups excluding carboxylic acids is 3. The van der Waals surface area contributed by atoms with Crippen LogP contribution >= 0.6 is 11.8 Å². The van der Waals surface area contributed by atoms with Crippen LogP contribution in [0.5, 0.6) is 0 Å². The number of imide groups is 1. The van der Waals surface area contributed by atoms with Gasteiger partial charge in [0.15, 0.2) is 0 Å². The van der Waals surface area contributed by atoms with Crippen molar-refractivity contribution in [3.05, 3.63) is 52.9 Å². The van der Waals surface area contributed by atoms with Crippen LogP contribution in [0.4, 0.5) is 4.79 Å². The first-order valence-corrected chi connectivity index (χ1v) is 9.37. The third-order valence-electron chi connectivity index (χ3n) is 4.39. The second-order valence-corrected chi connectivity index (χ2v) is 6.90. The van der Waals surface area contributed by atoms with Crippen molar-refractivity contribution in [2.45, 2.75) is 13.8 Å². The molecule has 0 unspecified atom stereocenters. The maximum absolute atomic E-state index is 12.6. The summed E-state index contributed by atoms with van der Waals surface area (Å²) in [5.41, 5.74) is 0.878.